The minimum atomic E-state index is -0.464. The van der Waals surface area contributed by atoms with Gasteiger partial charge in [0.05, 0.1) is 11.6 Å². The Hall–Kier alpha value is -2.74. The van der Waals surface area contributed by atoms with Crippen molar-refractivity contribution in [2.45, 2.75) is 0 Å². The van der Waals surface area contributed by atoms with E-state index in [4.69, 9.17) is 14.2 Å². The third-order valence-electron chi connectivity index (χ3n) is 3.34. The molecule has 0 unspecified atom stereocenters. The standard InChI is InChI=1S/C16H13BrN2O5/c1-22-12-4-2-9(6-11(12)17)15(20)18-19-16(21)10-3-5-13-14(7-10)24-8-23-13/h2-7H,8H2,1H3,(H,18,20)(H,19,21). The second-order valence-electron chi connectivity index (χ2n) is 4.83. The van der Waals surface area contributed by atoms with Crippen molar-refractivity contribution in [2.24, 2.45) is 0 Å². The molecule has 24 heavy (non-hydrogen) atoms. The number of fused-ring (bicyclic) bond motifs is 1. The van der Waals surface area contributed by atoms with Gasteiger partial charge in [-0.2, -0.15) is 0 Å². The highest BCUT2D eigenvalue weighted by atomic mass is 79.9. The summed E-state index contributed by atoms with van der Waals surface area (Å²) in [6.45, 7) is 0.128. The van der Waals surface area contributed by atoms with Crippen LogP contribution in [0.3, 0.4) is 0 Å². The number of ether oxygens (including phenoxy) is 3. The summed E-state index contributed by atoms with van der Waals surface area (Å²) in [5, 5.41) is 0. The Kier molecular flexibility index (Phi) is 4.57. The maximum atomic E-state index is 12.1. The number of hydrogen-bond acceptors (Lipinski definition) is 5. The van der Waals surface area contributed by atoms with Gasteiger partial charge in [-0.1, -0.05) is 0 Å². The lowest BCUT2D eigenvalue weighted by Gasteiger charge is -2.09. The van der Waals surface area contributed by atoms with Crippen molar-refractivity contribution >= 4 is 27.7 Å². The number of hydrogen-bond donors (Lipinski definition) is 2. The van der Waals surface area contributed by atoms with Crippen molar-refractivity contribution in [3.63, 3.8) is 0 Å². The molecule has 1 aliphatic rings. The molecule has 0 fully saturated rings. The maximum Gasteiger partial charge on any atom is 0.269 e. The number of rotatable bonds is 3. The molecule has 2 aromatic carbocycles. The van der Waals surface area contributed by atoms with Crippen LogP contribution in [0.2, 0.25) is 0 Å². The zero-order valence-electron chi connectivity index (χ0n) is 12.6. The number of carbonyl (C=O) groups excluding carboxylic acids is 2. The molecule has 1 aliphatic heterocycles. The first-order valence-corrected chi connectivity index (χ1v) is 7.71. The quantitative estimate of drug-likeness (QED) is 0.782. The van der Waals surface area contributed by atoms with Crippen molar-refractivity contribution in [2.75, 3.05) is 13.9 Å². The first-order chi connectivity index (χ1) is 11.6. The van der Waals surface area contributed by atoms with Crippen molar-refractivity contribution in [1.82, 2.24) is 10.9 Å². The van der Waals surface area contributed by atoms with E-state index in [1.807, 2.05) is 0 Å². The van der Waals surface area contributed by atoms with Gasteiger partial charge in [0.25, 0.3) is 11.8 Å². The van der Waals surface area contributed by atoms with Gasteiger partial charge >= 0.3 is 0 Å². The smallest absolute Gasteiger partial charge is 0.269 e. The summed E-state index contributed by atoms with van der Waals surface area (Å²) in [5.41, 5.74) is 5.42. The van der Waals surface area contributed by atoms with Gasteiger partial charge in [0.15, 0.2) is 11.5 Å². The van der Waals surface area contributed by atoms with Gasteiger partial charge in [-0.3, -0.25) is 20.4 Å². The molecule has 0 saturated heterocycles. The average Bonchev–Trinajstić information content (AvgIpc) is 3.06. The first kappa shape index (κ1) is 16.1. The van der Waals surface area contributed by atoms with E-state index in [9.17, 15) is 9.59 Å². The number of nitrogens with one attached hydrogen (secondary N) is 2. The lowest BCUT2D eigenvalue weighted by atomic mass is 10.2. The topological polar surface area (TPSA) is 85.9 Å². The van der Waals surface area contributed by atoms with Crippen LogP contribution in [0.4, 0.5) is 0 Å². The SMILES string of the molecule is COc1ccc(C(=O)NNC(=O)c2ccc3c(c2)OCO3)cc1Br. The molecular weight excluding hydrogens is 380 g/mol. The third kappa shape index (κ3) is 3.28. The first-order valence-electron chi connectivity index (χ1n) is 6.92. The van der Waals surface area contributed by atoms with Crippen molar-refractivity contribution in [3.8, 4) is 17.2 Å². The van der Waals surface area contributed by atoms with E-state index < -0.39 is 11.8 Å². The van der Waals surface area contributed by atoms with Gasteiger partial charge in [0.1, 0.15) is 5.75 Å². The van der Waals surface area contributed by atoms with Crippen LogP contribution in [0.25, 0.3) is 0 Å². The van der Waals surface area contributed by atoms with Crippen LogP contribution in [-0.2, 0) is 0 Å². The van der Waals surface area contributed by atoms with Crippen molar-refractivity contribution in [1.29, 1.82) is 0 Å². The van der Waals surface area contributed by atoms with E-state index in [2.05, 4.69) is 26.8 Å². The Labute approximate surface area is 146 Å². The molecule has 7 nitrogen and oxygen atoms in total. The van der Waals surface area contributed by atoms with Gasteiger partial charge < -0.3 is 14.2 Å². The minimum Gasteiger partial charge on any atom is -0.496 e. The largest absolute Gasteiger partial charge is 0.496 e. The number of benzene rings is 2. The summed E-state index contributed by atoms with van der Waals surface area (Å²) in [5.74, 6) is 0.768. The fourth-order valence-electron chi connectivity index (χ4n) is 2.10. The van der Waals surface area contributed by atoms with E-state index in [0.717, 1.165) is 0 Å². The predicted molar refractivity (Wildman–Crippen MR) is 88.2 cm³/mol. The van der Waals surface area contributed by atoms with Gasteiger partial charge in [0, 0.05) is 11.1 Å². The minimum absolute atomic E-state index is 0.128. The Morgan fingerprint density at radius 2 is 1.62 bits per heavy atom. The molecule has 0 aliphatic carbocycles. The number of halogens is 1. The molecule has 2 amide bonds. The highest BCUT2D eigenvalue weighted by Gasteiger charge is 2.17. The van der Waals surface area contributed by atoms with E-state index in [1.165, 1.54) is 7.11 Å². The second kappa shape index (κ2) is 6.79. The fourth-order valence-corrected chi connectivity index (χ4v) is 2.64. The van der Waals surface area contributed by atoms with E-state index in [1.54, 1.807) is 36.4 Å². The van der Waals surface area contributed by atoms with Crippen LogP contribution in [0, 0.1) is 0 Å². The van der Waals surface area contributed by atoms with Crippen LogP contribution in [0.1, 0.15) is 20.7 Å². The molecule has 0 bridgehead atoms. The van der Waals surface area contributed by atoms with Crippen LogP contribution >= 0.6 is 15.9 Å². The molecule has 124 valence electrons. The number of carbonyl (C=O) groups is 2. The second-order valence-corrected chi connectivity index (χ2v) is 5.68. The molecule has 0 atom stereocenters. The van der Waals surface area contributed by atoms with Gasteiger partial charge in [-0.25, -0.2) is 0 Å². The van der Waals surface area contributed by atoms with Crippen molar-refractivity contribution in [3.05, 3.63) is 52.0 Å². The summed E-state index contributed by atoms with van der Waals surface area (Å²) in [6, 6.07) is 9.61. The van der Waals surface area contributed by atoms with Crippen molar-refractivity contribution < 1.29 is 23.8 Å². The van der Waals surface area contributed by atoms with Gasteiger partial charge in [0.2, 0.25) is 6.79 Å². The fraction of sp³-hybridized carbons (Fsp3) is 0.125. The average molecular weight is 393 g/mol. The van der Waals surface area contributed by atoms with E-state index in [0.29, 0.717) is 32.8 Å². The summed E-state index contributed by atoms with van der Waals surface area (Å²) in [7, 11) is 1.53. The molecule has 2 aromatic rings. The highest BCUT2D eigenvalue weighted by molar-refractivity contribution is 9.10. The predicted octanol–water partition coefficient (Wildman–Crippen LogP) is 2.26. The molecule has 0 radical (unpaired) electrons. The van der Waals surface area contributed by atoms with Crippen LogP contribution in [0.5, 0.6) is 17.2 Å². The Bertz CT molecular complexity index is 809. The Balaban J connectivity index is 1.63. The molecule has 0 spiro atoms. The molecule has 0 aromatic heterocycles. The molecule has 3 rings (SSSR count). The summed E-state index contributed by atoms with van der Waals surface area (Å²) in [4.78, 5) is 24.2. The third-order valence-corrected chi connectivity index (χ3v) is 3.96. The van der Waals surface area contributed by atoms with Gasteiger partial charge in [-0.05, 0) is 52.3 Å². The molecule has 1 heterocycles. The maximum absolute atomic E-state index is 12.1. The normalized spacial score (nSPS) is 11.8. The van der Waals surface area contributed by atoms with Gasteiger partial charge in [-0.15, -0.1) is 0 Å². The Morgan fingerprint density at radius 3 is 2.29 bits per heavy atom. The number of methoxy groups -OCH3 is 1. The zero-order chi connectivity index (χ0) is 17.1. The summed E-state index contributed by atoms with van der Waals surface area (Å²) >= 11 is 3.30. The van der Waals surface area contributed by atoms with E-state index in [-0.39, 0.29) is 6.79 Å². The summed E-state index contributed by atoms with van der Waals surface area (Å²) < 4.78 is 16.1. The van der Waals surface area contributed by atoms with Crippen LogP contribution in [0.15, 0.2) is 40.9 Å². The molecular formula is C16H13BrN2O5. The lowest BCUT2D eigenvalue weighted by molar-refractivity contribution is 0.0846. The van der Waals surface area contributed by atoms with E-state index >= 15 is 0 Å². The van der Waals surface area contributed by atoms with Crippen LogP contribution in [-0.4, -0.2) is 25.7 Å². The monoisotopic (exact) mass is 392 g/mol. The highest BCUT2D eigenvalue weighted by Crippen LogP contribution is 2.32. The lowest BCUT2D eigenvalue weighted by Crippen LogP contribution is -2.41. The molecule has 0 saturated carbocycles. The Morgan fingerprint density at radius 1 is 1.00 bits per heavy atom. The number of hydrazine groups is 1. The number of amides is 2. The zero-order valence-corrected chi connectivity index (χ0v) is 14.2. The summed E-state index contributed by atoms with van der Waals surface area (Å²) in [6.07, 6.45) is 0. The van der Waals surface area contributed by atoms with Crippen LogP contribution < -0.4 is 25.1 Å². The molecule has 8 heteroatoms. The molecule has 2 N–H and O–H groups in total.